The van der Waals surface area contributed by atoms with Crippen LogP contribution in [0, 0.1) is 6.92 Å². The third-order valence-corrected chi connectivity index (χ3v) is 5.26. The topological polar surface area (TPSA) is 86.1 Å². The molecule has 0 bridgehead atoms. The second-order valence-corrected chi connectivity index (χ2v) is 7.84. The van der Waals surface area contributed by atoms with Crippen LogP contribution in [0.3, 0.4) is 0 Å². The number of H-pyrrole nitrogens is 1. The molecule has 1 heterocycles. The van der Waals surface area contributed by atoms with Crippen molar-refractivity contribution in [3.63, 3.8) is 0 Å². The second-order valence-electron chi connectivity index (χ2n) is 7.84. The number of nitrogens with zero attached hydrogens (tertiary/aromatic N) is 2. The Labute approximate surface area is 196 Å². The summed E-state index contributed by atoms with van der Waals surface area (Å²) < 4.78 is 45.1. The van der Waals surface area contributed by atoms with E-state index in [9.17, 15) is 27.6 Å². The van der Waals surface area contributed by atoms with Gasteiger partial charge in [0.25, 0.3) is 0 Å². The first kappa shape index (κ1) is 23.8. The van der Waals surface area contributed by atoms with Gasteiger partial charge in [0.05, 0.1) is 11.4 Å². The normalized spacial score (nSPS) is 11.4. The molecule has 7 nitrogen and oxygen atoms in total. The minimum atomic E-state index is -4.34. The number of aromatic nitrogens is 3. The van der Waals surface area contributed by atoms with E-state index in [0.717, 1.165) is 4.57 Å². The smallest absolute Gasteiger partial charge is 0.389 e. The summed E-state index contributed by atoms with van der Waals surface area (Å²) in [6.07, 6.45) is -5.70. The standard InChI is InChI=1S/C25H20F3N3O4/c1-16-14-19(10-11-21(16)35-20-8-3-2-4-9-20)31-23(33)29-22(32)30(24(31)34)18-7-5-6-17(15-18)12-13-25(26,27)28/h2-11,14-15H,12-13H2,1H3,(H,29,32,33). The zero-order valence-corrected chi connectivity index (χ0v) is 18.5. The molecule has 0 saturated heterocycles. The van der Waals surface area contributed by atoms with Gasteiger partial charge in [-0.2, -0.15) is 13.2 Å². The molecule has 0 fully saturated rings. The average Bonchev–Trinajstić information content (AvgIpc) is 2.80. The molecule has 0 aliphatic rings. The first-order chi connectivity index (χ1) is 16.6. The molecule has 180 valence electrons. The molecule has 0 aliphatic heterocycles. The molecule has 0 spiro atoms. The molecule has 1 N–H and O–H groups in total. The van der Waals surface area contributed by atoms with Gasteiger partial charge in [-0.1, -0.05) is 30.3 Å². The van der Waals surface area contributed by atoms with Gasteiger partial charge in [0.1, 0.15) is 11.5 Å². The predicted molar refractivity (Wildman–Crippen MR) is 124 cm³/mol. The quantitative estimate of drug-likeness (QED) is 0.444. The highest BCUT2D eigenvalue weighted by molar-refractivity contribution is 5.45. The van der Waals surface area contributed by atoms with Crippen LogP contribution in [-0.2, 0) is 6.42 Å². The Morgan fingerprint density at radius 2 is 1.49 bits per heavy atom. The van der Waals surface area contributed by atoms with Crippen molar-refractivity contribution >= 4 is 0 Å². The monoisotopic (exact) mass is 483 g/mol. The summed E-state index contributed by atoms with van der Waals surface area (Å²) in [7, 11) is 0. The summed E-state index contributed by atoms with van der Waals surface area (Å²) in [5, 5.41) is 0. The molecule has 4 rings (SSSR count). The van der Waals surface area contributed by atoms with Crippen molar-refractivity contribution in [1.82, 2.24) is 14.1 Å². The van der Waals surface area contributed by atoms with E-state index in [2.05, 4.69) is 4.98 Å². The summed E-state index contributed by atoms with van der Waals surface area (Å²) in [5.41, 5.74) is -1.73. The fourth-order valence-electron chi connectivity index (χ4n) is 3.57. The number of nitrogens with one attached hydrogen (secondary N) is 1. The lowest BCUT2D eigenvalue weighted by Crippen LogP contribution is -2.48. The number of benzene rings is 3. The van der Waals surface area contributed by atoms with Gasteiger partial charge in [-0.3, -0.25) is 4.98 Å². The summed E-state index contributed by atoms with van der Waals surface area (Å²) in [6.45, 7) is 1.74. The number of alkyl halides is 3. The molecule has 4 aromatic rings. The largest absolute Gasteiger partial charge is 0.457 e. The number of rotatable bonds is 6. The van der Waals surface area contributed by atoms with Crippen LogP contribution in [0.1, 0.15) is 17.5 Å². The van der Waals surface area contributed by atoms with Gasteiger partial charge in [-0.05, 0) is 66.9 Å². The van der Waals surface area contributed by atoms with E-state index in [1.807, 2.05) is 18.2 Å². The number of hydrogen-bond donors (Lipinski definition) is 1. The SMILES string of the molecule is Cc1cc(-n2c(=O)[nH]c(=O)n(-c3cccc(CCC(F)(F)F)c3)c2=O)ccc1Oc1ccccc1. The molecular weight excluding hydrogens is 463 g/mol. The van der Waals surface area contributed by atoms with E-state index in [0.29, 0.717) is 27.2 Å². The van der Waals surface area contributed by atoms with Crippen LogP contribution in [0.2, 0.25) is 0 Å². The lowest BCUT2D eigenvalue weighted by Gasteiger charge is -2.13. The molecule has 10 heteroatoms. The van der Waals surface area contributed by atoms with E-state index in [1.165, 1.54) is 30.3 Å². The molecular formula is C25H20F3N3O4. The van der Waals surface area contributed by atoms with E-state index < -0.39 is 29.7 Å². The van der Waals surface area contributed by atoms with Crippen LogP contribution in [0.15, 0.2) is 87.2 Å². The molecule has 0 atom stereocenters. The number of ether oxygens (including phenoxy) is 1. The van der Waals surface area contributed by atoms with E-state index in [-0.39, 0.29) is 17.8 Å². The zero-order valence-electron chi connectivity index (χ0n) is 18.5. The fourth-order valence-corrected chi connectivity index (χ4v) is 3.57. The Kier molecular flexibility index (Phi) is 6.46. The van der Waals surface area contributed by atoms with E-state index >= 15 is 0 Å². The van der Waals surface area contributed by atoms with Crippen LogP contribution < -0.4 is 21.8 Å². The molecule has 0 radical (unpaired) electrons. The van der Waals surface area contributed by atoms with Gasteiger partial charge in [-0.15, -0.1) is 0 Å². The first-order valence-corrected chi connectivity index (χ1v) is 10.6. The molecule has 0 aliphatic carbocycles. The molecule has 0 unspecified atom stereocenters. The van der Waals surface area contributed by atoms with Crippen LogP contribution in [-0.4, -0.2) is 20.3 Å². The number of hydrogen-bond acceptors (Lipinski definition) is 4. The minimum absolute atomic E-state index is 0.0467. The van der Waals surface area contributed by atoms with Crippen LogP contribution >= 0.6 is 0 Å². The van der Waals surface area contributed by atoms with Crippen molar-refractivity contribution in [2.45, 2.75) is 25.9 Å². The Hall–Kier alpha value is -4.34. The van der Waals surface area contributed by atoms with Crippen molar-refractivity contribution < 1.29 is 17.9 Å². The van der Waals surface area contributed by atoms with Gasteiger partial charge < -0.3 is 4.74 Å². The minimum Gasteiger partial charge on any atom is -0.457 e. The van der Waals surface area contributed by atoms with Crippen molar-refractivity contribution in [3.05, 3.63) is 115 Å². The van der Waals surface area contributed by atoms with Crippen molar-refractivity contribution in [3.8, 4) is 22.9 Å². The molecule has 0 amide bonds. The van der Waals surface area contributed by atoms with Crippen LogP contribution in [0.4, 0.5) is 13.2 Å². The van der Waals surface area contributed by atoms with Gasteiger partial charge in [0, 0.05) is 6.42 Å². The van der Waals surface area contributed by atoms with Crippen LogP contribution in [0.5, 0.6) is 11.5 Å². The highest BCUT2D eigenvalue weighted by atomic mass is 19.4. The Balaban J connectivity index is 1.74. The number of aryl methyl sites for hydroxylation is 2. The highest BCUT2D eigenvalue weighted by Gasteiger charge is 2.26. The van der Waals surface area contributed by atoms with E-state index in [1.54, 1.807) is 31.2 Å². The maximum atomic E-state index is 13.2. The maximum absolute atomic E-state index is 13.2. The van der Waals surface area contributed by atoms with Gasteiger partial charge >= 0.3 is 23.2 Å². The third kappa shape index (κ3) is 5.43. The van der Waals surface area contributed by atoms with Crippen molar-refractivity contribution in [1.29, 1.82) is 0 Å². The van der Waals surface area contributed by atoms with E-state index in [4.69, 9.17) is 4.74 Å². The lowest BCUT2D eigenvalue weighted by molar-refractivity contribution is -0.134. The van der Waals surface area contributed by atoms with Gasteiger partial charge in [0.15, 0.2) is 0 Å². The summed E-state index contributed by atoms with van der Waals surface area (Å²) in [5.74, 6) is 1.12. The second kappa shape index (κ2) is 9.49. The summed E-state index contributed by atoms with van der Waals surface area (Å²) >= 11 is 0. The first-order valence-electron chi connectivity index (χ1n) is 10.6. The number of para-hydroxylation sites is 1. The zero-order chi connectivity index (χ0) is 25.2. The maximum Gasteiger partial charge on any atom is 0.389 e. The van der Waals surface area contributed by atoms with Crippen LogP contribution in [0.25, 0.3) is 11.4 Å². The molecule has 0 saturated carbocycles. The Morgan fingerprint density at radius 3 is 2.11 bits per heavy atom. The molecule has 3 aromatic carbocycles. The Morgan fingerprint density at radius 1 is 0.829 bits per heavy atom. The lowest BCUT2D eigenvalue weighted by atomic mass is 10.1. The van der Waals surface area contributed by atoms with Crippen molar-refractivity contribution in [2.75, 3.05) is 0 Å². The summed E-state index contributed by atoms with van der Waals surface area (Å²) in [4.78, 5) is 40.4. The number of halogens is 3. The Bertz CT molecular complexity index is 1540. The third-order valence-electron chi connectivity index (χ3n) is 5.26. The summed E-state index contributed by atoms with van der Waals surface area (Å²) in [6, 6.07) is 19.3. The predicted octanol–water partition coefficient (Wildman–Crippen LogP) is 4.27. The molecule has 35 heavy (non-hydrogen) atoms. The molecule has 1 aromatic heterocycles. The fraction of sp³-hybridized carbons (Fsp3) is 0.160. The van der Waals surface area contributed by atoms with Gasteiger partial charge in [0.2, 0.25) is 0 Å². The average molecular weight is 483 g/mol. The van der Waals surface area contributed by atoms with Crippen molar-refractivity contribution in [2.24, 2.45) is 0 Å². The highest BCUT2D eigenvalue weighted by Crippen LogP contribution is 2.26. The number of aromatic amines is 1. The van der Waals surface area contributed by atoms with Gasteiger partial charge in [-0.25, -0.2) is 23.5 Å².